The standard InChI is InChI=1S/C40H61NO6/c1-7-12-13-14-15-16-17-18-19-20-21-22-23-24-27-41-33-29-32(44-8-2)30-36(46-10-4)37(33)39(42)40(47-11-5)38(41)31-25-26-34(45-9-3)35(28-31)43-6/h25-26,28-30H,7-24,27H2,1-6H3. The van der Waals surface area contributed by atoms with Crippen molar-refractivity contribution in [3.8, 4) is 40.0 Å². The number of aryl methyl sites for hydroxylation is 1. The molecule has 0 saturated heterocycles. The lowest BCUT2D eigenvalue weighted by atomic mass is 10.0. The van der Waals surface area contributed by atoms with Crippen LogP contribution in [0.4, 0.5) is 0 Å². The predicted octanol–water partition coefficient (Wildman–Crippen LogP) is 10.8. The summed E-state index contributed by atoms with van der Waals surface area (Å²) < 4.78 is 31.9. The van der Waals surface area contributed by atoms with Crippen LogP contribution in [0.3, 0.4) is 0 Å². The van der Waals surface area contributed by atoms with E-state index >= 15 is 0 Å². The lowest BCUT2D eigenvalue weighted by Crippen LogP contribution is -2.18. The Morgan fingerprint density at radius 1 is 0.574 bits per heavy atom. The van der Waals surface area contributed by atoms with Crippen LogP contribution in [-0.4, -0.2) is 38.1 Å². The molecule has 262 valence electrons. The molecule has 3 aromatic rings. The van der Waals surface area contributed by atoms with Crippen molar-refractivity contribution < 1.29 is 23.7 Å². The maximum Gasteiger partial charge on any atom is 0.235 e. The summed E-state index contributed by atoms with van der Waals surface area (Å²) >= 11 is 0. The summed E-state index contributed by atoms with van der Waals surface area (Å²) in [6.07, 6.45) is 18.2. The molecule has 1 aromatic heterocycles. The van der Waals surface area contributed by atoms with Crippen LogP contribution < -0.4 is 29.1 Å². The zero-order valence-electron chi connectivity index (χ0n) is 30.2. The van der Waals surface area contributed by atoms with Gasteiger partial charge in [0.1, 0.15) is 11.5 Å². The molecule has 7 heteroatoms. The molecule has 0 aliphatic heterocycles. The minimum atomic E-state index is -0.187. The minimum Gasteiger partial charge on any atom is -0.494 e. The van der Waals surface area contributed by atoms with Gasteiger partial charge < -0.3 is 28.3 Å². The van der Waals surface area contributed by atoms with Crippen LogP contribution in [-0.2, 0) is 6.54 Å². The second kappa shape index (κ2) is 21.5. The van der Waals surface area contributed by atoms with Gasteiger partial charge in [0, 0.05) is 24.2 Å². The van der Waals surface area contributed by atoms with Crippen molar-refractivity contribution in [2.75, 3.05) is 33.5 Å². The number of unbranched alkanes of at least 4 members (excludes halogenated alkanes) is 13. The van der Waals surface area contributed by atoms with Crippen LogP contribution in [0.25, 0.3) is 22.2 Å². The molecule has 3 rings (SSSR count). The third-order valence-electron chi connectivity index (χ3n) is 8.64. The molecule has 0 saturated carbocycles. The van der Waals surface area contributed by atoms with E-state index in [9.17, 15) is 4.79 Å². The molecule has 0 spiro atoms. The molecular formula is C40H61NO6. The topological polar surface area (TPSA) is 68.2 Å². The normalized spacial score (nSPS) is 11.2. The molecule has 47 heavy (non-hydrogen) atoms. The van der Waals surface area contributed by atoms with Crippen molar-refractivity contribution in [2.45, 2.75) is 131 Å². The van der Waals surface area contributed by atoms with Gasteiger partial charge in [-0.2, -0.15) is 0 Å². The zero-order valence-corrected chi connectivity index (χ0v) is 30.2. The average Bonchev–Trinajstić information content (AvgIpc) is 3.07. The molecule has 0 unspecified atom stereocenters. The highest BCUT2D eigenvalue weighted by Gasteiger charge is 2.24. The van der Waals surface area contributed by atoms with Crippen LogP contribution in [0.5, 0.6) is 28.7 Å². The van der Waals surface area contributed by atoms with Crippen LogP contribution >= 0.6 is 0 Å². The van der Waals surface area contributed by atoms with E-state index in [2.05, 4.69) is 11.5 Å². The van der Waals surface area contributed by atoms with E-state index in [4.69, 9.17) is 23.7 Å². The van der Waals surface area contributed by atoms with E-state index in [1.165, 1.54) is 77.0 Å². The van der Waals surface area contributed by atoms with Gasteiger partial charge >= 0.3 is 0 Å². The van der Waals surface area contributed by atoms with E-state index in [-0.39, 0.29) is 5.43 Å². The highest BCUT2D eigenvalue weighted by atomic mass is 16.5. The second-order valence-corrected chi connectivity index (χ2v) is 12.2. The Hall–Kier alpha value is -3.35. The molecule has 1 heterocycles. The summed E-state index contributed by atoms with van der Waals surface area (Å²) in [6.45, 7) is 12.6. The van der Waals surface area contributed by atoms with Crippen molar-refractivity contribution in [3.63, 3.8) is 0 Å². The number of hydrogen-bond acceptors (Lipinski definition) is 6. The fourth-order valence-corrected chi connectivity index (χ4v) is 6.35. The lowest BCUT2D eigenvalue weighted by molar-refractivity contribution is 0.311. The average molecular weight is 652 g/mol. The summed E-state index contributed by atoms with van der Waals surface area (Å²) in [6, 6.07) is 9.61. The maximum absolute atomic E-state index is 14.2. The van der Waals surface area contributed by atoms with Crippen LogP contribution in [0, 0.1) is 0 Å². The molecule has 2 aromatic carbocycles. The number of aromatic nitrogens is 1. The quantitative estimate of drug-likeness (QED) is 0.0849. The van der Waals surface area contributed by atoms with Crippen LogP contribution in [0.1, 0.15) is 125 Å². The van der Waals surface area contributed by atoms with Gasteiger partial charge in [0.2, 0.25) is 5.43 Å². The molecule has 0 amide bonds. The summed E-state index contributed by atoms with van der Waals surface area (Å²) in [5.74, 6) is 2.79. The SMILES string of the molecule is CCCCCCCCCCCCCCCCn1c(-c2ccc(OCC)c(OC)c2)c(OCC)c(=O)c2c(OCC)cc(OCC)cc21. The van der Waals surface area contributed by atoms with Crippen molar-refractivity contribution in [1.82, 2.24) is 4.57 Å². The van der Waals surface area contributed by atoms with Gasteiger partial charge in [-0.25, -0.2) is 0 Å². The molecule has 0 aliphatic rings. The Morgan fingerprint density at radius 3 is 1.68 bits per heavy atom. The van der Waals surface area contributed by atoms with Crippen LogP contribution in [0.2, 0.25) is 0 Å². The third-order valence-corrected chi connectivity index (χ3v) is 8.64. The van der Waals surface area contributed by atoms with Gasteiger partial charge in [-0.1, -0.05) is 90.4 Å². The van der Waals surface area contributed by atoms with Gasteiger partial charge in [-0.05, 0) is 52.3 Å². The zero-order chi connectivity index (χ0) is 33.9. The first-order valence-corrected chi connectivity index (χ1v) is 18.5. The molecular weight excluding hydrogens is 590 g/mol. The van der Waals surface area contributed by atoms with E-state index < -0.39 is 0 Å². The number of fused-ring (bicyclic) bond motifs is 1. The first-order chi connectivity index (χ1) is 23.0. The first kappa shape index (κ1) is 38.1. The highest BCUT2D eigenvalue weighted by Crippen LogP contribution is 2.40. The minimum absolute atomic E-state index is 0.187. The highest BCUT2D eigenvalue weighted by molar-refractivity contribution is 5.92. The summed E-state index contributed by atoms with van der Waals surface area (Å²) in [4.78, 5) is 14.2. The Kier molecular flexibility index (Phi) is 17.4. The number of methoxy groups -OCH3 is 1. The maximum atomic E-state index is 14.2. The summed E-state index contributed by atoms with van der Waals surface area (Å²) in [5, 5.41) is 0.519. The molecule has 7 nitrogen and oxygen atoms in total. The van der Waals surface area contributed by atoms with Gasteiger partial charge in [0.25, 0.3) is 0 Å². The van der Waals surface area contributed by atoms with Crippen molar-refractivity contribution in [3.05, 3.63) is 40.6 Å². The van der Waals surface area contributed by atoms with Crippen molar-refractivity contribution in [2.24, 2.45) is 0 Å². The lowest BCUT2D eigenvalue weighted by Gasteiger charge is -2.23. The Balaban J connectivity index is 1.89. The number of hydrogen-bond donors (Lipinski definition) is 0. The molecule has 0 N–H and O–H groups in total. The van der Waals surface area contributed by atoms with Gasteiger partial charge in [-0.3, -0.25) is 4.79 Å². The van der Waals surface area contributed by atoms with Gasteiger partial charge in [0.05, 0.1) is 50.1 Å². The number of nitrogens with zero attached hydrogens (tertiary/aromatic N) is 1. The molecule has 0 atom stereocenters. The molecule has 0 aliphatic carbocycles. The summed E-state index contributed by atoms with van der Waals surface area (Å²) in [7, 11) is 1.63. The predicted molar refractivity (Wildman–Crippen MR) is 195 cm³/mol. The van der Waals surface area contributed by atoms with Crippen molar-refractivity contribution in [1.29, 1.82) is 0 Å². The molecule has 0 fully saturated rings. The second-order valence-electron chi connectivity index (χ2n) is 12.2. The number of ether oxygens (including phenoxy) is 5. The Morgan fingerprint density at radius 2 is 1.13 bits per heavy atom. The van der Waals surface area contributed by atoms with Gasteiger partial charge in [0.15, 0.2) is 17.2 Å². The number of benzene rings is 2. The van der Waals surface area contributed by atoms with Crippen molar-refractivity contribution >= 4 is 10.9 Å². The smallest absolute Gasteiger partial charge is 0.235 e. The van der Waals surface area contributed by atoms with Gasteiger partial charge in [-0.15, -0.1) is 0 Å². The monoisotopic (exact) mass is 651 g/mol. The fraction of sp³-hybridized carbons (Fsp3) is 0.625. The summed E-state index contributed by atoms with van der Waals surface area (Å²) in [5.41, 5.74) is 2.16. The molecule has 0 radical (unpaired) electrons. The third kappa shape index (κ3) is 11.1. The molecule has 0 bridgehead atoms. The van der Waals surface area contributed by atoms with E-state index in [1.54, 1.807) is 7.11 Å². The number of rotatable bonds is 25. The largest absolute Gasteiger partial charge is 0.494 e. The van der Waals surface area contributed by atoms with E-state index in [0.29, 0.717) is 60.6 Å². The fourth-order valence-electron chi connectivity index (χ4n) is 6.35. The first-order valence-electron chi connectivity index (χ1n) is 18.5. The van der Waals surface area contributed by atoms with E-state index in [0.717, 1.165) is 36.2 Å². The Bertz CT molecular complexity index is 1400. The van der Waals surface area contributed by atoms with Crippen LogP contribution in [0.15, 0.2) is 35.1 Å². The Labute approximate surface area is 283 Å². The van der Waals surface area contributed by atoms with E-state index in [1.807, 2.05) is 58.0 Å². The number of pyridine rings is 1.